The molecule has 0 fully saturated rings. The predicted octanol–water partition coefficient (Wildman–Crippen LogP) is 0.763. The Morgan fingerprint density at radius 1 is 1.80 bits per heavy atom. The number of rotatable bonds is 1. The highest BCUT2D eigenvalue weighted by Gasteiger charge is 2.00. The molecule has 1 aromatic rings. The Balaban J connectivity index is 2.94. The van der Waals surface area contributed by atoms with Crippen LogP contribution in [0.15, 0.2) is 0 Å². The van der Waals surface area contributed by atoms with Gasteiger partial charge in [-0.3, -0.25) is 0 Å². The Bertz CT molecular complexity index is 272. The van der Waals surface area contributed by atoms with Crippen molar-refractivity contribution in [1.82, 2.24) is 14.8 Å². The summed E-state index contributed by atoms with van der Waals surface area (Å²) in [6.07, 6.45) is 0. The summed E-state index contributed by atoms with van der Waals surface area (Å²) in [6.45, 7) is 1.95. The zero-order chi connectivity index (χ0) is 7.56. The van der Waals surface area contributed by atoms with E-state index >= 15 is 0 Å². The van der Waals surface area contributed by atoms with Gasteiger partial charge in [0.15, 0.2) is 0 Å². The molecule has 0 saturated heterocycles. The fourth-order valence-corrected chi connectivity index (χ4v) is 0.816. The molecule has 1 heterocycles. The van der Waals surface area contributed by atoms with E-state index in [1.54, 1.807) is 6.92 Å². The molecule has 0 radical (unpaired) electrons. The maximum absolute atomic E-state index is 8.27. The highest BCUT2D eigenvalue weighted by molar-refractivity contribution is 6.28. The van der Waals surface area contributed by atoms with E-state index in [4.69, 9.17) is 16.9 Å². The van der Waals surface area contributed by atoms with Crippen LogP contribution in [0.4, 0.5) is 0 Å². The number of nitrogens with zero attached hydrogens (tertiary/aromatic N) is 4. The van der Waals surface area contributed by atoms with Gasteiger partial charge in [-0.25, -0.2) is 9.67 Å². The highest BCUT2D eigenvalue weighted by Crippen LogP contribution is 2.01. The molecular weight excluding hydrogens is 152 g/mol. The van der Waals surface area contributed by atoms with Crippen LogP contribution in [-0.2, 0) is 6.54 Å². The first kappa shape index (κ1) is 7.03. The van der Waals surface area contributed by atoms with Crippen molar-refractivity contribution in [3.63, 3.8) is 0 Å². The number of hydrogen-bond donors (Lipinski definition) is 0. The molecule has 0 aliphatic rings. The van der Waals surface area contributed by atoms with Crippen LogP contribution in [0.1, 0.15) is 5.82 Å². The van der Waals surface area contributed by atoms with Crippen molar-refractivity contribution in [1.29, 1.82) is 5.26 Å². The van der Waals surface area contributed by atoms with Gasteiger partial charge in [0.2, 0.25) is 5.28 Å². The molecule has 0 unspecified atom stereocenters. The topological polar surface area (TPSA) is 54.5 Å². The van der Waals surface area contributed by atoms with Crippen LogP contribution in [0.5, 0.6) is 0 Å². The molecule has 0 bridgehead atoms. The van der Waals surface area contributed by atoms with E-state index in [-0.39, 0.29) is 11.8 Å². The van der Waals surface area contributed by atoms with Crippen molar-refractivity contribution in [2.45, 2.75) is 13.5 Å². The lowest BCUT2D eigenvalue weighted by Gasteiger charge is -1.90. The van der Waals surface area contributed by atoms with Crippen LogP contribution in [-0.4, -0.2) is 14.8 Å². The number of hydrogen-bond acceptors (Lipinski definition) is 3. The fourth-order valence-electron chi connectivity index (χ4n) is 0.602. The van der Waals surface area contributed by atoms with E-state index in [1.807, 2.05) is 6.07 Å². The molecule has 0 N–H and O–H groups in total. The second-order valence-corrected chi connectivity index (χ2v) is 2.08. The molecule has 0 aliphatic carbocycles. The van der Waals surface area contributed by atoms with Crippen LogP contribution in [0.3, 0.4) is 0 Å². The summed E-state index contributed by atoms with van der Waals surface area (Å²) in [6, 6.07) is 1.94. The van der Waals surface area contributed by atoms with Gasteiger partial charge in [-0.1, -0.05) is 0 Å². The van der Waals surface area contributed by atoms with Crippen LogP contribution < -0.4 is 0 Å². The maximum atomic E-state index is 8.27. The molecule has 10 heavy (non-hydrogen) atoms. The fraction of sp³-hybridized carbons (Fsp3) is 0.400. The van der Waals surface area contributed by atoms with Crippen molar-refractivity contribution < 1.29 is 0 Å². The van der Waals surface area contributed by atoms with Gasteiger partial charge < -0.3 is 0 Å². The molecule has 0 aromatic carbocycles. The summed E-state index contributed by atoms with van der Waals surface area (Å²) < 4.78 is 1.45. The zero-order valence-electron chi connectivity index (χ0n) is 5.37. The van der Waals surface area contributed by atoms with Crippen molar-refractivity contribution in [3.8, 4) is 6.07 Å². The molecule has 1 aromatic heterocycles. The van der Waals surface area contributed by atoms with Gasteiger partial charge in [-0.05, 0) is 18.5 Å². The van der Waals surface area contributed by atoms with Gasteiger partial charge in [0.1, 0.15) is 12.4 Å². The van der Waals surface area contributed by atoms with Gasteiger partial charge in [0.25, 0.3) is 0 Å². The quantitative estimate of drug-likeness (QED) is 0.603. The van der Waals surface area contributed by atoms with Crippen LogP contribution in [0.2, 0.25) is 5.28 Å². The average molecular weight is 157 g/mol. The first-order chi connectivity index (χ1) is 4.74. The van der Waals surface area contributed by atoms with Gasteiger partial charge in [0.05, 0.1) is 6.07 Å². The Hall–Kier alpha value is -1.08. The van der Waals surface area contributed by atoms with Crippen molar-refractivity contribution in [3.05, 3.63) is 11.1 Å². The normalized spacial score (nSPS) is 9.30. The minimum atomic E-state index is 0.188. The Kier molecular flexibility index (Phi) is 1.88. The molecule has 0 amide bonds. The maximum Gasteiger partial charge on any atom is 0.242 e. The minimum absolute atomic E-state index is 0.188. The first-order valence-electron chi connectivity index (χ1n) is 2.68. The van der Waals surface area contributed by atoms with E-state index in [9.17, 15) is 0 Å². The van der Waals surface area contributed by atoms with Crippen LogP contribution in [0.25, 0.3) is 0 Å². The van der Waals surface area contributed by atoms with Gasteiger partial charge in [-0.2, -0.15) is 5.26 Å². The Morgan fingerprint density at radius 3 is 2.90 bits per heavy atom. The van der Waals surface area contributed by atoms with Gasteiger partial charge >= 0.3 is 0 Å². The predicted molar refractivity (Wildman–Crippen MR) is 35.4 cm³/mol. The number of aromatic nitrogens is 3. The zero-order valence-corrected chi connectivity index (χ0v) is 6.13. The average Bonchev–Trinajstić information content (AvgIpc) is 2.13. The van der Waals surface area contributed by atoms with Gasteiger partial charge in [-0.15, -0.1) is 5.10 Å². The lowest BCUT2D eigenvalue weighted by Crippen LogP contribution is -1.99. The summed E-state index contributed by atoms with van der Waals surface area (Å²) in [5, 5.41) is 12.2. The molecule has 5 heteroatoms. The number of halogens is 1. The Morgan fingerprint density at radius 2 is 2.50 bits per heavy atom. The molecule has 0 atom stereocenters. The minimum Gasteiger partial charge on any atom is -0.235 e. The lowest BCUT2D eigenvalue weighted by atomic mass is 10.6. The Labute approximate surface area is 63.0 Å². The van der Waals surface area contributed by atoms with E-state index in [1.165, 1.54) is 4.68 Å². The van der Waals surface area contributed by atoms with Crippen LogP contribution in [0, 0.1) is 18.3 Å². The largest absolute Gasteiger partial charge is 0.242 e. The summed E-state index contributed by atoms with van der Waals surface area (Å²) in [7, 11) is 0. The number of nitriles is 1. The van der Waals surface area contributed by atoms with E-state index in [2.05, 4.69) is 10.1 Å². The smallest absolute Gasteiger partial charge is 0.235 e. The summed E-state index contributed by atoms with van der Waals surface area (Å²) in [4.78, 5) is 3.80. The van der Waals surface area contributed by atoms with Crippen molar-refractivity contribution in [2.24, 2.45) is 0 Å². The molecule has 0 aliphatic heterocycles. The third-order valence-electron chi connectivity index (χ3n) is 1.05. The summed E-state index contributed by atoms with van der Waals surface area (Å²) >= 11 is 5.45. The second-order valence-electron chi connectivity index (χ2n) is 1.74. The summed E-state index contributed by atoms with van der Waals surface area (Å²) in [5.74, 6) is 0.659. The monoisotopic (exact) mass is 156 g/mol. The van der Waals surface area contributed by atoms with Gasteiger partial charge in [0, 0.05) is 0 Å². The molecule has 4 nitrogen and oxygen atoms in total. The molecule has 52 valence electrons. The standard InChI is InChI=1S/C5H5ClN4/c1-4-8-5(6)9-10(4)3-2-7/h3H2,1H3. The SMILES string of the molecule is Cc1nc(Cl)nn1CC#N. The lowest BCUT2D eigenvalue weighted by molar-refractivity contribution is 0.682. The molecule has 0 spiro atoms. The van der Waals surface area contributed by atoms with E-state index in [0.29, 0.717) is 5.82 Å². The van der Waals surface area contributed by atoms with Crippen molar-refractivity contribution >= 4 is 11.6 Å². The highest BCUT2D eigenvalue weighted by atomic mass is 35.5. The third-order valence-corrected chi connectivity index (χ3v) is 1.21. The van der Waals surface area contributed by atoms with Crippen LogP contribution >= 0.6 is 11.6 Å². The van der Waals surface area contributed by atoms with Crippen molar-refractivity contribution in [2.75, 3.05) is 0 Å². The van der Waals surface area contributed by atoms with E-state index < -0.39 is 0 Å². The summed E-state index contributed by atoms with van der Waals surface area (Å²) in [5.41, 5.74) is 0. The second kappa shape index (κ2) is 2.67. The number of aryl methyl sites for hydroxylation is 1. The molecule has 0 saturated carbocycles. The first-order valence-corrected chi connectivity index (χ1v) is 3.05. The molecule has 1 rings (SSSR count). The molecular formula is C5H5ClN4. The third kappa shape index (κ3) is 1.25. The van der Waals surface area contributed by atoms with E-state index in [0.717, 1.165) is 0 Å².